The average molecular weight is 360 g/mol. The SMILES string of the molecule is C[C@@H](NC(=O)c1ccc(NC(=O)/C=C/c2ccco2)cc1)c1ccccc1. The van der Waals surface area contributed by atoms with Crippen molar-refractivity contribution in [3.05, 3.63) is 96.0 Å². The van der Waals surface area contributed by atoms with Gasteiger partial charge in [0.15, 0.2) is 0 Å². The van der Waals surface area contributed by atoms with E-state index in [-0.39, 0.29) is 17.9 Å². The van der Waals surface area contributed by atoms with E-state index in [4.69, 9.17) is 4.42 Å². The molecule has 0 saturated heterocycles. The van der Waals surface area contributed by atoms with Crippen LogP contribution in [-0.4, -0.2) is 11.8 Å². The summed E-state index contributed by atoms with van der Waals surface area (Å²) in [7, 11) is 0. The highest BCUT2D eigenvalue weighted by Crippen LogP contribution is 2.14. The lowest BCUT2D eigenvalue weighted by molar-refractivity contribution is -0.111. The summed E-state index contributed by atoms with van der Waals surface area (Å²) in [5.41, 5.74) is 2.18. The Morgan fingerprint density at radius 2 is 1.70 bits per heavy atom. The smallest absolute Gasteiger partial charge is 0.251 e. The number of hydrogen-bond donors (Lipinski definition) is 2. The van der Waals surface area contributed by atoms with Gasteiger partial charge in [0.2, 0.25) is 5.91 Å². The van der Waals surface area contributed by atoms with Gasteiger partial charge in [-0.15, -0.1) is 0 Å². The van der Waals surface area contributed by atoms with E-state index in [0.717, 1.165) is 5.56 Å². The Hall–Kier alpha value is -3.60. The van der Waals surface area contributed by atoms with Gasteiger partial charge in [-0.3, -0.25) is 9.59 Å². The molecule has 5 heteroatoms. The van der Waals surface area contributed by atoms with Crippen molar-refractivity contribution < 1.29 is 14.0 Å². The molecule has 0 radical (unpaired) electrons. The van der Waals surface area contributed by atoms with E-state index in [0.29, 0.717) is 17.0 Å². The van der Waals surface area contributed by atoms with Crippen molar-refractivity contribution in [1.82, 2.24) is 5.32 Å². The van der Waals surface area contributed by atoms with E-state index < -0.39 is 0 Å². The minimum atomic E-state index is -0.277. The van der Waals surface area contributed by atoms with Crippen molar-refractivity contribution in [2.24, 2.45) is 0 Å². The molecule has 27 heavy (non-hydrogen) atoms. The first-order valence-electron chi connectivity index (χ1n) is 8.60. The lowest BCUT2D eigenvalue weighted by atomic mass is 10.1. The molecule has 1 atom stereocenters. The van der Waals surface area contributed by atoms with Gasteiger partial charge in [0.05, 0.1) is 12.3 Å². The molecule has 2 aromatic carbocycles. The molecule has 0 unspecified atom stereocenters. The third kappa shape index (κ3) is 5.19. The summed E-state index contributed by atoms with van der Waals surface area (Å²) >= 11 is 0. The third-order valence-electron chi connectivity index (χ3n) is 4.00. The molecular formula is C22H20N2O3. The molecule has 136 valence electrons. The van der Waals surface area contributed by atoms with Crippen molar-refractivity contribution in [2.45, 2.75) is 13.0 Å². The third-order valence-corrected chi connectivity index (χ3v) is 4.00. The first-order chi connectivity index (χ1) is 13.1. The molecule has 5 nitrogen and oxygen atoms in total. The Kier molecular flexibility index (Phi) is 5.84. The molecule has 2 N–H and O–H groups in total. The van der Waals surface area contributed by atoms with Crippen molar-refractivity contribution >= 4 is 23.6 Å². The van der Waals surface area contributed by atoms with Crippen LogP contribution in [0.5, 0.6) is 0 Å². The zero-order valence-corrected chi connectivity index (χ0v) is 14.9. The van der Waals surface area contributed by atoms with Crippen LogP contribution in [0.3, 0.4) is 0 Å². The van der Waals surface area contributed by atoms with Gasteiger partial charge < -0.3 is 15.1 Å². The van der Waals surface area contributed by atoms with Crippen LogP contribution in [0.1, 0.15) is 34.6 Å². The molecule has 3 aromatic rings. The van der Waals surface area contributed by atoms with Gasteiger partial charge in [0, 0.05) is 17.3 Å². The molecule has 1 heterocycles. The van der Waals surface area contributed by atoms with Crippen LogP contribution >= 0.6 is 0 Å². The Morgan fingerprint density at radius 3 is 2.37 bits per heavy atom. The summed E-state index contributed by atoms with van der Waals surface area (Å²) in [6.07, 6.45) is 4.52. The monoisotopic (exact) mass is 360 g/mol. The molecule has 0 aliphatic heterocycles. The van der Waals surface area contributed by atoms with E-state index in [9.17, 15) is 9.59 Å². The van der Waals surface area contributed by atoms with Gasteiger partial charge in [0.25, 0.3) is 5.91 Å². The lowest BCUT2D eigenvalue weighted by Crippen LogP contribution is -2.26. The van der Waals surface area contributed by atoms with Crippen molar-refractivity contribution in [3.8, 4) is 0 Å². The first-order valence-corrected chi connectivity index (χ1v) is 8.60. The fourth-order valence-corrected chi connectivity index (χ4v) is 2.54. The minimum Gasteiger partial charge on any atom is -0.465 e. The highest BCUT2D eigenvalue weighted by molar-refractivity contribution is 6.02. The van der Waals surface area contributed by atoms with Crippen LogP contribution in [0.25, 0.3) is 6.08 Å². The summed E-state index contributed by atoms with van der Waals surface area (Å²) in [5, 5.41) is 5.70. The number of nitrogens with one attached hydrogen (secondary N) is 2. The zero-order chi connectivity index (χ0) is 19.1. The number of benzene rings is 2. The fraction of sp³-hybridized carbons (Fsp3) is 0.0909. The van der Waals surface area contributed by atoms with Crippen molar-refractivity contribution in [3.63, 3.8) is 0 Å². The maximum Gasteiger partial charge on any atom is 0.251 e. The first kappa shape index (κ1) is 18.2. The Balaban J connectivity index is 1.56. The van der Waals surface area contributed by atoms with E-state index >= 15 is 0 Å². The number of amides is 2. The number of furan rings is 1. The van der Waals surface area contributed by atoms with Gasteiger partial charge in [-0.2, -0.15) is 0 Å². The van der Waals surface area contributed by atoms with Gasteiger partial charge in [-0.25, -0.2) is 0 Å². The fourth-order valence-electron chi connectivity index (χ4n) is 2.54. The molecule has 0 bridgehead atoms. The number of rotatable bonds is 6. The van der Waals surface area contributed by atoms with Crippen LogP contribution in [0.2, 0.25) is 0 Å². The average Bonchev–Trinajstić information content (AvgIpc) is 3.21. The highest BCUT2D eigenvalue weighted by atomic mass is 16.3. The molecule has 0 saturated carbocycles. The van der Waals surface area contributed by atoms with Gasteiger partial charge in [-0.1, -0.05) is 30.3 Å². The molecule has 0 spiro atoms. The standard InChI is InChI=1S/C22H20N2O3/c1-16(17-6-3-2-4-7-17)23-22(26)18-9-11-19(12-10-18)24-21(25)14-13-20-8-5-15-27-20/h2-16H,1H3,(H,23,26)(H,24,25)/b14-13+/t16-/m1/s1. The highest BCUT2D eigenvalue weighted by Gasteiger charge is 2.11. The number of carbonyl (C=O) groups is 2. The summed E-state index contributed by atoms with van der Waals surface area (Å²) < 4.78 is 5.13. The van der Waals surface area contributed by atoms with E-state index in [1.807, 2.05) is 37.3 Å². The summed E-state index contributed by atoms with van der Waals surface area (Å²) in [4.78, 5) is 24.3. The van der Waals surface area contributed by atoms with Crippen LogP contribution in [0, 0.1) is 0 Å². The minimum absolute atomic E-state index is 0.0928. The number of hydrogen-bond acceptors (Lipinski definition) is 3. The largest absolute Gasteiger partial charge is 0.465 e. The maximum atomic E-state index is 12.4. The zero-order valence-electron chi connectivity index (χ0n) is 14.9. The van der Waals surface area contributed by atoms with E-state index in [1.165, 1.54) is 6.08 Å². The Morgan fingerprint density at radius 1 is 0.963 bits per heavy atom. The maximum absolute atomic E-state index is 12.4. The van der Waals surface area contributed by atoms with Crippen molar-refractivity contribution in [2.75, 3.05) is 5.32 Å². The molecule has 3 rings (SSSR count). The van der Waals surface area contributed by atoms with E-state index in [2.05, 4.69) is 10.6 Å². The summed E-state index contributed by atoms with van der Waals surface area (Å²) in [6.45, 7) is 1.94. The van der Waals surface area contributed by atoms with Crippen LogP contribution in [0.15, 0.2) is 83.5 Å². The van der Waals surface area contributed by atoms with Crippen molar-refractivity contribution in [1.29, 1.82) is 0 Å². The second-order valence-corrected chi connectivity index (χ2v) is 6.02. The summed E-state index contributed by atoms with van der Waals surface area (Å²) in [6, 6.07) is 19.9. The van der Waals surface area contributed by atoms with Crippen LogP contribution < -0.4 is 10.6 Å². The number of carbonyl (C=O) groups excluding carboxylic acids is 2. The predicted octanol–water partition coefficient (Wildman–Crippen LogP) is 4.42. The topological polar surface area (TPSA) is 71.3 Å². The second kappa shape index (κ2) is 8.67. The lowest BCUT2D eigenvalue weighted by Gasteiger charge is -2.14. The van der Waals surface area contributed by atoms with E-state index in [1.54, 1.807) is 48.7 Å². The van der Waals surface area contributed by atoms with Crippen LogP contribution in [0.4, 0.5) is 5.69 Å². The summed E-state index contributed by atoms with van der Waals surface area (Å²) in [5.74, 6) is 0.160. The van der Waals surface area contributed by atoms with Crippen LogP contribution in [-0.2, 0) is 4.79 Å². The predicted molar refractivity (Wildman–Crippen MR) is 105 cm³/mol. The quantitative estimate of drug-likeness (QED) is 0.639. The molecule has 0 fully saturated rings. The molecule has 0 aliphatic carbocycles. The molecule has 2 amide bonds. The normalized spacial score (nSPS) is 11.9. The Bertz CT molecular complexity index is 914. The molecular weight excluding hydrogens is 340 g/mol. The Labute approximate surface area is 157 Å². The van der Waals surface area contributed by atoms with Gasteiger partial charge in [-0.05, 0) is 55.0 Å². The molecule has 1 aromatic heterocycles. The second-order valence-electron chi connectivity index (χ2n) is 6.02. The van der Waals surface area contributed by atoms with Gasteiger partial charge in [0.1, 0.15) is 5.76 Å². The molecule has 0 aliphatic rings. The number of anilines is 1. The van der Waals surface area contributed by atoms with Gasteiger partial charge >= 0.3 is 0 Å².